The first kappa shape index (κ1) is 16.6. The molecule has 0 saturated carbocycles. The summed E-state index contributed by atoms with van der Waals surface area (Å²) >= 11 is 0. The molecule has 0 radical (unpaired) electrons. The second kappa shape index (κ2) is 6.13. The van der Waals surface area contributed by atoms with Gasteiger partial charge in [0.1, 0.15) is 0 Å². The highest BCUT2D eigenvalue weighted by molar-refractivity contribution is 7.92. The first-order valence-electron chi connectivity index (χ1n) is 7.89. The van der Waals surface area contributed by atoms with Gasteiger partial charge in [-0.1, -0.05) is 6.92 Å². The Kier molecular flexibility index (Phi) is 4.83. The fraction of sp³-hybridized carbons (Fsp3) is 0.750. The van der Waals surface area contributed by atoms with Gasteiger partial charge in [-0.2, -0.15) is 0 Å². The van der Waals surface area contributed by atoms with Crippen molar-refractivity contribution >= 4 is 9.84 Å². The maximum absolute atomic E-state index is 12.2. The van der Waals surface area contributed by atoms with Crippen LogP contribution in [-0.4, -0.2) is 30.0 Å². The van der Waals surface area contributed by atoms with E-state index < -0.39 is 14.6 Å². The molecule has 21 heavy (non-hydrogen) atoms. The van der Waals surface area contributed by atoms with Crippen LogP contribution in [-0.2, 0) is 22.8 Å². The van der Waals surface area contributed by atoms with E-state index in [1.165, 1.54) is 24.0 Å². The van der Waals surface area contributed by atoms with E-state index in [9.17, 15) is 8.42 Å². The van der Waals surface area contributed by atoms with Crippen molar-refractivity contribution in [3.05, 3.63) is 23.5 Å². The topological polar surface area (TPSA) is 51.1 Å². The Morgan fingerprint density at radius 1 is 1.33 bits per heavy atom. The van der Waals surface area contributed by atoms with Crippen LogP contribution in [0.3, 0.4) is 0 Å². The number of nitrogens with one attached hydrogen (secondary N) is 1. The summed E-state index contributed by atoms with van der Waals surface area (Å²) in [5.41, 5.74) is 2.73. The van der Waals surface area contributed by atoms with E-state index in [-0.39, 0.29) is 5.75 Å². The van der Waals surface area contributed by atoms with Crippen molar-refractivity contribution in [2.75, 3.05) is 12.3 Å². The molecule has 1 aliphatic carbocycles. The van der Waals surface area contributed by atoms with Gasteiger partial charge < -0.3 is 9.88 Å². The zero-order valence-corrected chi connectivity index (χ0v) is 14.5. The minimum absolute atomic E-state index is 0.204. The molecule has 2 rings (SSSR count). The van der Waals surface area contributed by atoms with Gasteiger partial charge in [0.15, 0.2) is 9.84 Å². The number of rotatable bonds is 5. The molecule has 0 spiro atoms. The van der Waals surface area contributed by atoms with Crippen molar-refractivity contribution in [1.29, 1.82) is 0 Å². The molecule has 0 amide bonds. The molecule has 0 saturated heterocycles. The summed E-state index contributed by atoms with van der Waals surface area (Å²) in [6.07, 6.45) is 7.76. The normalized spacial score (nSPS) is 19.5. The largest absolute Gasteiger partial charge is 0.353 e. The zero-order chi connectivity index (χ0) is 15.7. The predicted molar refractivity (Wildman–Crippen MR) is 87.3 cm³/mol. The minimum atomic E-state index is -3.06. The van der Waals surface area contributed by atoms with E-state index in [0.29, 0.717) is 12.6 Å². The second-order valence-electron chi connectivity index (χ2n) is 6.91. The van der Waals surface area contributed by atoms with Crippen molar-refractivity contribution in [2.24, 2.45) is 0 Å². The summed E-state index contributed by atoms with van der Waals surface area (Å²) in [6, 6.07) is 0.430. The van der Waals surface area contributed by atoms with Crippen molar-refractivity contribution in [3.8, 4) is 0 Å². The van der Waals surface area contributed by atoms with Crippen LogP contribution in [0.15, 0.2) is 12.4 Å². The van der Waals surface area contributed by atoms with Gasteiger partial charge in [-0.25, -0.2) is 8.42 Å². The monoisotopic (exact) mass is 312 g/mol. The molecule has 1 atom stereocenters. The second-order valence-corrected chi connectivity index (χ2v) is 9.77. The Hall–Kier alpha value is -0.810. The summed E-state index contributed by atoms with van der Waals surface area (Å²) < 4.78 is 25.8. The lowest BCUT2D eigenvalue weighted by Gasteiger charge is -2.22. The summed E-state index contributed by atoms with van der Waals surface area (Å²) in [6.45, 7) is 8.94. The quantitative estimate of drug-likeness (QED) is 0.909. The van der Waals surface area contributed by atoms with Crippen LogP contribution in [0.5, 0.6) is 0 Å². The van der Waals surface area contributed by atoms with Gasteiger partial charge in [0, 0.05) is 25.0 Å². The number of fused-ring (bicyclic) bond motifs is 1. The van der Waals surface area contributed by atoms with Gasteiger partial charge in [-0.15, -0.1) is 0 Å². The molecular formula is C16H28N2O2S. The molecule has 4 nitrogen and oxygen atoms in total. The summed E-state index contributed by atoms with van der Waals surface area (Å²) in [5, 5.41) is 3.52. The van der Waals surface area contributed by atoms with E-state index in [1.54, 1.807) is 20.8 Å². The molecule has 5 heteroatoms. The Morgan fingerprint density at radius 3 is 2.67 bits per heavy atom. The molecule has 1 unspecified atom stereocenters. The molecule has 0 aromatic carbocycles. The van der Waals surface area contributed by atoms with Gasteiger partial charge in [0.2, 0.25) is 0 Å². The van der Waals surface area contributed by atoms with E-state index >= 15 is 0 Å². The molecule has 1 heterocycles. The number of aromatic nitrogens is 1. The van der Waals surface area contributed by atoms with Crippen LogP contribution in [0.1, 0.15) is 57.7 Å². The van der Waals surface area contributed by atoms with Crippen molar-refractivity contribution in [3.63, 3.8) is 0 Å². The number of aryl methyl sites for hydroxylation is 2. The molecule has 1 aliphatic rings. The zero-order valence-electron chi connectivity index (χ0n) is 13.6. The molecule has 120 valence electrons. The summed E-state index contributed by atoms with van der Waals surface area (Å²) in [4.78, 5) is 0. The van der Waals surface area contributed by atoms with Gasteiger partial charge >= 0.3 is 0 Å². The first-order chi connectivity index (χ1) is 9.74. The highest BCUT2D eigenvalue weighted by Gasteiger charge is 2.29. The third-order valence-electron chi connectivity index (χ3n) is 4.31. The van der Waals surface area contributed by atoms with Crippen LogP contribution in [0.25, 0.3) is 0 Å². The van der Waals surface area contributed by atoms with Crippen LogP contribution in [0.2, 0.25) is 0 Å². The molecule has 0 bridgehead atoms. The van der Waals surface area contributed by atoms with Crippen LogP contribution >= 0.6 is 0 Å². The van der Waals surface area contributed by atoms with Crippen LogP contribution in [0.4, 0.5) is 0 Å². The lowest BCUT2D eigenvalue weighted by Crippen LogP contribution is -2.31. The van der Waals surface area contributed by atoms with Crippen LogP contribution < -0.4 is 5.32 Å². The van der Waals surface area contributed by atoms with Crippen LogP contribution in [0, 0.1) is 0 Å². The van der Waals surface area contributed by atoms with Gasteiger partial charge in [0.25, 0.3) is 0 Å². The molecule has 1 N–H and O–H groups in total. The molecule has 0 fully saturated rings. The lowest BCUT2D eigenvalue weighted by molar-refractivity contribution is 0.473. The Bertz CT molecular complexity index is 582. The maximum atomic E-state index is 12.2. The Labute approximate surface area is 128 Å². The lowest BCUT2D eigenvalue weighted by atomic mass is 9.91. The predicted octanol–water partition coefficient (Wildman–Crippen LogP) is 2.69. The molecule has 0 aliphatic heterocycles. The number of hydrogen-bond donors (Lipinski definition) is 1. The maximum Gasteiger partial charge on any atom is 0.156 e. The average molecular weight is 312 g/mol. The van der Waals surface area contributed by atoms with Crippen molar-refractivity contribution in [1.82, 2.24) is 9.88 Å². The third kappa shape index (κ3) is 3.69. The Morgan fingerprint density at radius 2 is 2.05 bits per heavy atom. The molecule has 1 aromatic heterocycles. The highest BCUT2D eigenvalue weighted by atomic mass is 32.2. The SMILES string of the molecule is CCNC1CCCc2cn(CCS(=O)(=O)C(C)(C)C)cc21. The smallest absolute Gasteiger partial charge is 0.156 e. The van der Waals surface area contributed by atoms with Crippen molar-refractivity contribution in [2.45, 2.75) is 64.3 Å². The Balaban J connectivity index is 2.10. The third-order valence-corrected chi connectivity index (χ3v) is 6.90. The summed E-state index contributed by atoms with van der Waals surface area (Å²) in [7, 11) is -3.06. The van der Waals surface area contributed by atoms with Gasteiger partial charge in [-0.05, 0) is 57.7 Å². The van der Waals surface area contributed by atoms with Gasteiger partial charge in [-0.3, -0.25) is 0 Å². The van der Waals surface area contributed by atoms with E-state index in [0.717, 1.165) is 13.0 Å². The van der Waals surface area contributed by atoms with E-state index in [2.05, 4.69) is 29.2 Å². The first-order valence-corrected chi connectivity index (χ1v) is 9.54. The number of nitrogens with zero attached hydrogens (tertiary/aromatic N) is 1. The molecule has 1 aromatic rings. The fourth-order valence-electron chi connectivity index (χ4n) is 2.87. The summed E-state index contributed by atoms with van der Waals surface area (Å²) in [5.74, 6) is 0.204. The van der Waals surface area contributed by atoms with E-state index in [1.807, 2.05) is 0 Å². The minimum Gasteiger partial charge on any atom is -0.353 e. The fourth-order valence-corrected chi connectivity index (χ4v) is 3.93. The van der Waals surface area contributed by atoms with Gasteiger partial charge in [0.05, 0.1) is 10.5 Å². The number of sulfone groups is 1. The highest BCUT2D eigenvalue weighted by Crippen LogP contribution is 2.30. The molecular weight excluding hydrogens is 284 g/mol. The van der Waals surface area contributed by atoms with Crippen molar-refractivity contribution < 1.29 is 8.42 Å². The van der Waals surface area contributed by atoms with E-state index in [4.69, 9.17) is 0 Å². The standard InChI is InChI=1S/C16H28N2O2S/c1-5-17-15-8-6-7-13-11-18(12-14(13)15)9-10-21(19,20)16(2,3)4/h11-12,15,17H,5-10H2,1-4H3. The number of hydrogen-bond acceptors (Lipinski definition) is 3. The average Bonchev–Trinajstić information content (AvgIpc) is 2.79.